The lowest BCUT2D eigenvalue weighted by Gasteiger charge is -2.17. The highest BCUT2D eigenvalue weighted by molar-refractivity contribution is 6.03. The molecule has 1 aliphatic carbocycles. The first-order chi connectivity index (χ1) is 13.1. The number of nitrogens with zero attached hydrogens (tertiary/aromatic N) is 2. The lowest BCUT2D eigenvalue weighted by molar-refractivity contribution is 0.0931. The molecule has 0 atom stereocenters. The summed E-state index contributed by atoms with van der Waals surface area (Å²) >= 11 is 0. The average Bonchev–Trinajstić information content (AvgIpc) is 3.31. The van der Waals surface area contributed by atoms with Crippen LogP contribution in [0, 0.1) is 5.82 Å². The molecule has 2 heterocycles. The molecule has 0 spiro atoms. The van der Waals surface area contributed by atoms with Gasteiger partial charge in [-0.2, -0.15) is 0 Å². The third-order valence-corrected chi connectivity index (χ3v) is 5.33. The molecule has 27 heavy (non-hydrogen) atoms. The summed E-state index contributed by atoms with van der Waals surface area (Å²) < 4.78 is 14.9. The van der Waals surface area contributed by atoms with Crippen LogP contribution in [0.3, 0.4) is 0 Å². The van der Waals surface area contributed by atoms with Gasteiger partial charge in [-0.1, -0.05) is 12.8 Å². The van der Waals surface area contributed by atoms with Crippen LogP contribution in [0.1, 0.15) is 65.3 Å². The normalized spacial score (nSPS) is 16.8. The van der Waals surface area contributed by atoms with Crippen LogP contribution in [0.15, 0.2) is 24.3 Å². The Morgan fingerprint density at radius 3 is 2.52 bits per heavy atom. The van der Waals surface area contributed by atoms with Gasteiger partial charge >= 0.3 is 0 Å². The average molecular weight is 370 g/mol. The van der Waals surface area contributed by atoms with Gasteiger partial charge in [0.15, 0.2) is 5.82 Å². The van der Waals surface area contributed by atoms with Gasteiger partial charge in [0.25, 0.3) is 11.8 Å². The first-order valence-corrected chi connectivity index (χ1v) is 9.59. The number of nitrogens with one attached hydrogen (secondary N) is 2. The minimum atomic E-state index is -0.385. The van der Waals surface area contributed by atoms with Gasteiger partial charge < -0.3 is 15.2 Å². The van der Waals surface area contributed by atoms with E-state index in [9.17, 15) is 14.0 Å². The summed E-state index contributed by atoms with van der Waals surface area (Å²) in [5.41, 5.74) is 1.69. The summed E-state index contributed by atoms with van der Waals surface area (Å²) in [7, 11) is 0. The van der Waals surface area contributed by atoms with Gasteiger partial charge in [-0.3, -0.25) is 9.59 Å². The molecule has 0 bridgehead atoms. The second-order valence-corrected chi connectivity index (χ2v) is 7.26. The number of benzene rings is 1. The van der Waals surface area contributed by atoms with Crippen LogP contribution in [-0.4, -0.2) is 27.4 Å². The highest BCUT2D eigenvalue weighted by Crippen LogP contribution is 2.23. The fourth-order valence-corrected chi connectivity index (χ4v) is 3.94. The van der Waals surface area contributed by atoms with Gasteiger partial charge in [0.1, 0.15) is 11.5 Å². The molecule has 4 rings (SSSR count). The number of hydrogen-bond acceptors (Lipinski definition) is 3. The lowest BCUT2D eigenvalue weighted by atomic mass is 10.1. The molecular formula is C20H23FN4O2. The number of carbonyl (C=O) groups excluding carboxylic acids is 2. The minimum absolute atomic E-state index is 0.187. The molecular weight excluding hydrogens is 347 g/mol. The van der Waals surface area contributed by atoms with E-state index in [1.165, 1.54) is 24.3 Å². The van der Waals surface area contributed by atoms with Crippen LogP contribution in [0.5, 0.6) is 0 Å². The Morgan fingerprint density at radius 2 is 1.78 bits per heavy atom. The van der Waals surface area contributed by atoms with Crippen molar-refractivity contribution in [3.05, 3.63) is 47.3 Å². The number of carbonyl (C=O) groups is 2. The quantitative estimate of drug-likeness (QED) is 0.867. The summed E-state index contributed by atoms with van der Waals surface area (Å²) in [5, 5.41) is 5.81. The molecule has 1 aliphatic heterocycles. The molecule has 1 aromatic heterocycles. The zero-order valence-corrected chi connectivity index (χ0v) is 15.1. The van der Waals surface area contributed by atoms with Crippen molar-refractivity contribution in [2.45, 2.75) is 57.5 Å². The fourth-order valence-electron chi connectivity index (χ4n) is 3.94. The number of imidazole rings is 1. The molecule has 2 aliphatic rings. The van der Waals surface area contributed by atoms with Crippen LogP contribution < -0.4 is 10.6 Å². The lowest BCUT2D eigenvalue weighted by Crippen LogP contribution is -2.33. The van der Waals surface area contributed by atoms with Crippen molar-refractivity contribution in [2.24, 2.45) is 0 Å². The van der Waals surface area contributed by atoms with E-state index in [0.29, 0.717) is 17.9 Å². The predicted molar refractivity (Wildman–Crippen MR) is 99.2 cm³/mol. The van der Waals surface area contributed by atoms with E-state index in [0.717, 1.165) is 50.6 Å². The third kappa shape index (κ3) is 3.72. The molecule has 0 unspecified atom stereocenters. The summed E-state index contributed by atoms with van der Waals surface area (Å²) in [6.07, 6.45) is 6.94. The highest BCUT2D eigenvalue weighted by atomic mass is 19.1. The third-order valence-electron chi connectivity index (χ3n) is 5.33. The summed E-state index contributed by atoms with van der Waals surface area (Å²) in [6.45, 7) is 0.672. The molecule has 2 N–H and O–H groups in total. The van der Waals surface area contributed by atoms with Crippen molar-refractivity contribution in [2.75, 3.05) is 5.32 Å². The van der Waals surface area contributed by atoms with Gasteiger partial charge in [-0.05, 0) is 56.4 Å². The SMILES string of the molecule is O=C(NC1CCCC1)c1nc(C(=O)Nc2ccc(F)cc2)n2c1CCCC2. The van der Waals surface area contributed by atoms with Crippen molar-refractivity contribution in [1.82, 2.24) is 14.9 Å². The van der Waals surface area contributed by atoms with Gasteiger partial charge in [-0.15, -0.1) is 0 Å². The van der Waals surface area contributed by atoms with E-state index < -0.39 is 0 Å². The van der Waals surface area contributed by atoms with E-state index in [2.05, 4.69) is 15.6 Å². The standard InChI is InChI=1S/C20H23FN4O2/c21-13-8-10-15(11-9-13)23-20(27)18-24-17(16-7-3-4-12-25(16)18)19(26)22-14-5-1-2-6-14/h8-11,14H,1-7,12H2,(H,22,26)(H,23,27). The fraction of sp³-hybridized carbons (Fsp3) is 0.450. The number of aromatic nitrogens is 2. The molecule has 2 amide bonds. The van der Waals surface area contributed by atoms with Gasteiger partial charge in [0.05, 0.1) is 5.69 Å². The van der Waals surface area contributed by atoms with Crippen LogP contribution >= 0.6 is 0 Å². The van der Waals surface area contributed by atoms with Crippen LogP contribution in [0.25, 0.3) is 0 Å². The predicted octanol–water partition coefficient (Wildman–Crippen LogP) is 3.28. The summed E-state index contributed by atoms with van der Waals surface area (Å²) in [6, 6.07) is 5.78. The largest absolute Gasteiger partial charge is 0.348 e. The van der Waals surface area contributed by atoms with Gasteiger partial charge in [-0.25, -0.2) is 9.37 Å². The van der Waals surface area contributed by atoms with Crippen LogP contribution in [0.4, 0.5) is 10.1 Å². The van der Waals surface area contributed by atoms with Gasteiger partial charge in [0.2, 0.25) is 0 Å². The number of anilines is 1. The molecule has 142 valence electrons. The Labute approximate surface area is 157 Å². The van der Waals surface area contributed by atoms with Crippen molar-refractivity contribution in [1.29, 1.82) is 0 Å². The van der Waals surface area contributed by atoms with E-state index in [1.54, 1.807) is 0 Å². The number of hydrogen-bond donors (Lipinski definition) is 2. The van der Waals surface area contributed by atoms with Crippen molar-refractivity contribution in [3.8, 4) is 0 Å². The molecule has 1 saturated carbocycles. The molecule has 6 nitrogen and oxygen atoms in total. The molecule has 0 radical (unpaired) electrons. The van der Waals surface area contributed by atoms with Crippen LogP contribution in [-0.2, 0) is 13.0 Å². The monoisotopic (exact) mass is 370 g/mol. The van der Waals surface area contributed by atoms with E-state index in [4.69, 9.17) is 0 Å². The van der Waals surface area contributed by atoms with Crippen molar-refractivity contribution >= 4 is 17.5 Å². The second-order valence-electron chi connectivity index (χ2n) is 7.26. The van der Waals surface area contributed by atoms with E-state index in [1.807, 2.05) is 4.57 Å². The van der Waals surface area contributed by atoms with E-state index in [-0.39, 0.29) is 29.5 Å². The summed E-state index contributed by atoms with van der Waals surface area (Å²) in [4.78, 5) is 29.9. The molecule has 0 saturated heterocycles. The van der Waals surface area contributed by atoms with Crippen LogP contribution in [0.2, 0.25) is 0 Å². The van der Waals surface area contributed by atoms with E-state index >= 15 is 0 Å². The first-order valence-electron chi connectivity index (χ1n) is 9.59. The maximum absolute atomic E-state index is 13.1. The maximum atomic E-state index is 13.1. The summed E-state index contributed by atoms with van der Waals surface area (Å²) in [5.74, 6) is -0.694. The first kappa shape index (κ1) is 17.7. The topological polar surface area (TPSA) is 76.0 Å². The molecule has 1 fully saturated rings. The number of fused-ring (bicyclic) bond motifs is 1. The Balaban J connectivity index is 1.58. The molecule has 2 aromatic rings. The molecule has 7 heteroatoms. The Bertz CT molecular complexity index is 854. The zero-order chi connectivity index (χ0) is 18.8. The highest BCUT2D eigenvalue weighted by Gasteiger charge is 2.29. The Morgan fingerprint density at radius 1 is 1.04 bits per heavy atom. The molecule has 1 aromatic carbocycles. The minimum Gasteiger partial charge on any atom is -0.348 e. The van der Waals surface area contributed by atoms with Crippen molar-refractivity contribution in [3.63, 3.8) is 0 Å². The second kappa shape index (κ2) is 7.50. The zero-order valence-electron chi connectivity index (χ0n) is 15.1. The van der Waals surface area contributed by atoms with Crippen molar-refractivity contribution < 1.29 is 14.0 Å². The number of rotatable bonds is 4. The Kier molecular flexibility index (Phi) is 4.92. The number of amides is 2. The van der Waals surface area contributed by atoms with Gasteiger partial charge in [0, 0.05) is 18.3 Å². The maximum Gasteiger partial charge on any atom is 0.291 e. The number of halogens is 1. The smallest absolute Gasteiger partial charge is 0.291 e. The Hall–Kier alpha value is -2.70.